The molecule has 2 N–H and O–H groups in total. The van der Waals surface area contributed by atoms with Crippen molar-refractivity contribution in [2.45, 2.75) is 17.1 Å². The summed E-state index contributed by atoms with van der Waals surface area (Å²) in [5.74, 6) is 0. The van der Waals surface area contributed by atoms with Gasteiger partial charge in [-0.2, -0.15) is 0 Å². The second-order valence-corrected chi connectivity index (χ2v) is 9.43. The van der Waals surface area contributed by atoms with Crippen molar-refractivity contribution in [3.8, 4) is 0 Å². The Balaban J connectivity index is 1.82. The number of aliphatic hydroxyl groups is 1. The van der Waals surface area contributed by atoms with Crippen molar-refractivity contribution in [2.24, 2.45) is 0 Å². The summed E-state index contributed by atoms with van der Waals surface area (Å²) in [7, 11) is -3.68. The second-order valence-electron chi connectivity index (χ2n) is 6.21. The van der Waals surface area contributed by atoms with Gasteiger partial charge in [0.1, 0.15) is 0 Å². The van der Waals surface area contributed by atoms with Crippen molar-refractivity contribution in [3.05, 3.63) is 54.2 Å². The number of aliphatic hydroxyl groups excluding tert-OH is 1. The zero-order valence-electron chi connectivity index (χ0n) is 14.5. The molecule has 0 aliphatic carbocycles. The largest absolute Gasteiger partial charge is 0.395 e. The highest BCUT2D eigenvalue weighted by Crippen LogP contribution is 2.31. The minimum atomic E-state index is -3.68. The van der Waals surface area contributed by atoms with Crippen molar-refractivity contribution in [3.63, 3.8) is 0 Å². The van der Waals surface area contributed by atoms with Crippen LogP contribution in [0.5, 0.6) is 0 Å². The van der Waals surface area contributed by atoms with Crippen LogP contribution in [0.1, 0.15) is 6.92 Å². The first-order chi connectivity index (χ1) is 13.0. The predicted molar refractivity (Wildman–Crippen MR) is 108 cm³/mol. The number of anilines is 2. The summed E-state index contributed by atoms with van der Waals surface area (Å²) in [5, 5.41) is 12.4. The number of sulfone groups is 1. The van der Waals surface area contributed by atoms with Crippen LogP contribution < -0.4 is 5.32 Å². The van der Waals surface area contributed by atoms with Crippen LogP contribution >= 0.6 is 11.3 Å². The molecular weight excluding hydrogens is 382 g/mol. The number of para-hydroxylation sites is 1. The van der Waals surface area contributed by atoms with Gasteiger partial charge < -0.3 is 10.4 Å². The summed E-state index contributed by atoms with van der Waals surface area (Å²) < 4.78 is 26.6. The number of rotatable bonds is 5. The van der Waals surface area contributed by atoms with E-state index in [2.05, 4.69) is 15.3 Å². The highest BCUT2D eigenvalue weighted by Gasteiger charge is 2.25. The topological polar surface area (TPSA) is 92.2 Å². The Morgan fingerprint density at radius 3 is 2.85 bits per heavy atom. The summed E-state index contributed by atoms with van der Waals surface area (Å²) in [5.41, 5.74) is 4.71. The maximum absolute atomic E-state index is 12.7. The molecule has 0 fully saturated rings. The van der Waals surface area contributed by atoms with E-state index in [0.717, 1.165) is 21.6 Å². The molecule has 2 heterocycles. The van der Waals surface area contributed by atoms with Crippen LogP contribution in [0.25, 0.3) is 21.1 Å². The van der Waals surface area contributed by atoms with E-state index >= 15 is 0 Å². The molecule has 1 unspecified atom stereocenters. The standard InChI is InChI=1S/C19H17N3O3S2/c1-12(10-23)27(24,25)18-4-2-3-14-15(7-8-20-19(14)18)22-13-5-6-17-16(9-13)21-11-26-17/h2-9,11-12,23H,10H2,1H3,(H,20,22). The van der Waals surface area contributed by atoms with E-state index in [1.165, 1.54) is 13.0 Å². The molecule has 2 aromatic carbocycles. The van der Waals surface area contributed by atoms with Crippen LogP contribution in [-0.4, -0.2) is 35.3 Å². The van der Waals surface area contributed by atoms with Gasteiger partial charge in [-0.05, 0) is 37.3 Å². The van der Waals surface area contributed by atoms with Gasteiger partial charge in [0.25, 0.3) is 0 Å². The quantitative estimate of drug-likeness (QED) is 0.531. The molecule has 0 bridgehead atoms. The summed E-state index contributed by atoms with van der Waals surface area (Å²) in [6.07, 6.45) is 1.58. The lowest BCUT2D eigenvalue weighted by Gasteiger charge is -2.14. The molecule has 0 amide bonds. The highest BCUT2D eigenvalue weighted by molar-refractivity contribution is 7.92. The van der Waals surface area contributed by atoms with Gasteiger partial charge in [0, 0.05) is 23.0 Å². The van der Waals surface area contributed by atoms with Gasteiger partial charge in [0.05, 0.1) is 38.0 Å². The van der Waals surface area contributed by atoms with E-state index in [1.807, 2.05) is 24.3 Å². The number of nitrogens with one attached hydrogen (secondary N) is 1. The minimum absolute atomic E-state index is 0.125. The number of nitrogens with zero attached hydrogens (tertiary/aromatic N) is 2. The fourth-order valence-corrected chi connectivity index (χ4v) is 4.88. The molecule has 0 saturated carbocycles. The maximum Gasteiger partial charge on any atom is 0.185 e. The number of hydrogen-bond acceptors (Lipinski definition) is 7. The number of benzene rings is 2. The third kappa shape index (κ3) is 3.16. The molecule has 138 valence electrons. The van der Waals surface area contributed by atoms with E-state index in [9.17, 15) is 13.5 Å². The molecule has 4 rings (SSSR count). The van der Waals surface area contributed by atoms with Gasteiger partial charge in [-0.1, -0.05) is 12.1 Å². The van der Waals surface area contributed by atoms with Crippen LogP contribution in [-0.2, 0) is 9.84 Å². The Morgan fingerprint density at radius 1 is 1.19 bits per heavy atom. The van der Waals surface area contributed by atoms with Crippen molar-refractivity contribution in [1.82, 2.24) is 9.97 Å². The maximum atomic E-state index is 12.7. The zero-order valence-corrected chi connectivity index (χ0v) is 16.1. The van der Waals surface area contributed by atoms with Crippen LogP contribution in [0.15, 0.2) is 59.1 Å². The monoisotopic (exact) mass is 399 g/mol. The molecule has 0 spiro atoms. The molecule has 6 nitrogen and oxygen atoms in total. The molecule has 27 heavy (non-hydrogen) atoms. The summed E-state index contributed by atoms with van der Waals surface area (Å²) in [6.45, 7) is 1.05. The van der Waals surface area contributed by atoms with E-state index in [1.54, 1.807) is 35.2 Å². The van der Waals surface area contributed by atoms with Crippen molar-refractivity contribution < 1.29 is 13.5 Å². The van der Waals surface area contributed by atoms with Crippen molar-refractivity contribution in [2.75, 3.05) is 11.9 Å². The van der Waals surface area contributed by atoms with Crippen LogP contribution in [0.2, 0.25) is 0 Å². The fourth-order valence-electron chi connectivity index (χ4n) is 2.89. The Hall–Kier alpha value is -2.55. The second kappa shape index (κ2) is 6.88. The van der Waals surface area contributed by atoms with E-state index in [-0.39, 0.29) is 4.90 Å². The summed E-state index contributed by atoms with van der Waals surface area (Å²) in [6, 6.07) is 12.8. The van der Waals surface area contributed by atoms with Crippen LogP contribution in [0.4, 0.5) is 11.4 Å². The van der Waals surface area contributed by atoms with Crippen molar-refractivity contribution >= 4 is 53.7 Å². The van der Waals surface area contributed by atoms with E-state index < -0.39 is 21.7 Å². The van der Waals surface area contributed by atoms with E-state index in [4.69, 9.17) is 0 Å². The Morgan fingerprint density at radius 2 is 2.04 bits per heavy atom. The average Bonchev–Trinajstić information content (AvgIpc) is 3.15. The SMILES string of the molecule is CC(CO)S(=O)(=O)c1cccc2c(Nc3ccc4scnc4c3)ccnc12. The zero-order chi connectivity index (χ0) is 19.0. The molecule has 8 heteroatoms. The van der Waals surface area contributed by atoms with Crippen LogP contribution in [0, 0.1) is 0 Å². The van der Waals surface area contributed by atoms with Crippen LogP contribution in [0.3, 0.4) is 0 Å². The number of hydrogen-bond donors (Lipinski definition) is 2. The number of aromatic nitrogens is 2. The molecule has 4 aromatic rings. The number of fused-ring (bicyclic) bond motifs is 2. The molecule has 0 radical (unpaired) electrons. The first-order valence-electron chi connectivity index (χ1n) is 8.33. The Kier molecular flexibility index (Phi) is 4.55. The third-order valence-corrected chi connectivity index (χ3v) is 7.40. The smallest absolute Gasteiger partial charge is 0.185 e. The molecule has 0 aliphatic rings. The number of thiazole rings is 1. The molecule has 0 saturated heterocycles. The van der Waals surface area contributed by atoms with Gasteiger partial charge in [0.2, 0.25) is 0 Å². The lowest BCUT2D eigenvalue weighted by Crippen LogP contribution is -2.22. The Labute approximate surface area is 160 Å². The first kappa shape index (κ1) is 17.8. The number of pyridine rings is 1. The van der Waals surface area contributed by atoms with Gasteiger partial charge in [0.15, 0.2) is 9.84 Å². The lowest BCUT2D eigenvalue weighted by molar-refractivity contribution is 0.295. The minimum Gasteiger partial charge on any atom is -0.395 e. The van der Waals surface area contributed by atoms with Gasteiger partial charge in [-0.15, -0.1) is 11.3 Å². The highest BCUT2D eigenvalue weighted by atomic mass is 32.2. The summed E-state index contributed by atoms with van der Waals surface area (Å²) >= 11 is 1.58. The first-order valence-corrected chi connectivity index (χ1v) is 10.8. The van der Waals surface area contributed by atoms with Crippen molar-refractivity contribution in [1.29, 1.82) is 0 Å². The lowest BCUT2D eigenvalue weighted by atomic mass is 10.2. The third-order valence-electron chi connectivity index (χ3n) is 4.44. The molecule has 1 atom stereocenters. The normalized spacial score (nSPS) is 13.1. The predicted octanol–water partition coefficient (Wildman–Crippen LogP) is 3.74. The molecule has 0 aliphatic heterocycles. The molecule has 2 aromatic heterocycles. The van der Waals surface area contributed by atoms with Gasteiger partial charge in [-0.3, -0.25) is 4.98 Å². The average molecular weight is 399 g/mol. The van der Waals surface area contributed by atoms with Gasteiger partial charge in [-0.25, -0.2) is 13.4 Å². The van der Waals surface area contributed by atoms with E-state index in [0.29, 0.717) is 10.9 Å². The summed E-state index contributed by atoms with van der Waals surface area (Å²) in [4.78, 5) is 8.74. The van der Waals surface area contributed by atoms with Gasteiger partial charge >= 0.3 is 0 Å². The fraction of sp³-hybridized carbons (Fsp3) is 0.158. The Bertz CT molecular complexity index is 1240. The molecular formula is C19H17N3O3S2.